The molecule has 0 saturated carbocycles. The molecule has 0 spiro atoms. The zero-order chi connectivity index (χ0) is 17.8. The summed E-state index contributed by atoms with van der Waals surface area (Å²) in [6.07, 6.45) is -1.56. The smallest absolute Gasteiger partial charge is 0.118 e. The normalized spacial score (nSPS) is 12.4. The van der Waals surface area contributed by atoms with Crippen LogP contribution in [-0.4, -0.2) is 95.3 Å². The van der Waals surface area contributed by atoms with Crippen molar-refractivity contribution in [3.05, 3.63) is 0 Å². The summed E-state index contributed by atoms with van der Waals surface area (Å²) >= 11 is 0. The number of alkyl halides is 3. The molecule has 25 heavy (non-hydrogen) atoms. The number of rotatable bonds is 10. The van der Waals surface area contributed by atoms with Crippen LogP contribution >= 0.6 is 0 Å². The number of aliphatic hydroxyl groups is 3. The molecule has 3 unspecified atom stereocenters. The third-order valence-corrected chi connectivity index (χ3v) is 2.13. The summed E-state index contributed by atoms with van der Waals surface area (Å²) in [5, 5.41) is 24.9. The van der Waals surface area contributed by atoms with Gasteiger partial charge in [0.25, 0.3) is 0 Å². The maximum Gasteiger partial charge on any atom is 0.118 e. The van der Waals surface area contributed by atoms with Crippen LogP contribution in [0.4, 0.5) is 13.2 Å². The number of hydrogen-bond donors (Lipinski definition) is 3. The topological polar surface area (TPSA) is 88.4 Å². The van der Waals surface area contributed by atoms with Crippen LogP contribution in [0.1, 0.15) is 22.3 Å². The van der Waals surface area contributed by atoms with Crippen LogP contribution in [0.15, 0.2) is 0 Å². The van der Waals surface area contributed by atoms with Crippen LogP contribution in [0.25, 0.3) is 0 Å². The molecule has 0 aliphatic carbocycles. The van der Waals surface area contributed by atoms with Crippen molar-refractivity contribution in [3.8, 4) is 0 Å². The molecule has 3 atom stereocenters. The molecular weight excluding hydrogens is 345 g/mol. The average molecular weight is 386 g/mol. The van der Waals surface area contributed by atoms with Crippen LogP contribution in [0.5, 0.6) is 0 Å². The van der Waals surface area contributed by atoms with Crippen LogP contribution in [0, 0.1) is 5.92 Å². The van der Waals surface area contributed by atoms with Gasteiger partial charge >= 0.3 is 0 Å². The number of hydrogen-bond acceptors (Lipinski definition) is 6. The molecule has 0 radical (unpaired) electrons. The van der Waals surface area contributed by atoms with E-state index in [1.165, 1.54) is 21.3 Å². The monoisotopic (exact) mass is 386 g/mol. The molecule has 0 aliphatic heterocycles. The molecule has 6 nitrogen and oxygen atoms in total. The Morgan fingerprint density at radius 2 is 1.24 bits per heavy atom. The first-order valence-electron chi connectivity index (χ1n) is 6.59. The Labute approximate surface area is 151 Å². The van der Waals surface area contributed by atoms with Gasteiger partial charge in [-0.15, -0.1) is 0 Å². The molecule has 0 rings (SSSR count). The molecular formula is C16H41F3O6. The lowest BCUT2D eigenvalue weighted by Gasteiger charge is -2.05. The van der Waals surface area contributed by atoms with Crippen LogP contribution in [0.2, 0.25) is 0 Å². The Morgan fingerprint density at radius 3 is 1.32 bits per heavy atom. The van der Waals surface area contributed by atoms with Gasteiger partial charge in [0, 0.05) is 27.2 Å². The Morgan fingerprint density at radius 1 is 0.760 bits per heavy atom. The maximum atomic E-state index is 11.6. The van der Waals surface area contributed by atoms with Crippen molar-refractivity contribution in [2.45, 2.75) is 34.5 Å². The van der Waals surface area contributed by atoms with Crippen molar-refractivity contribution >= 4 is 0 Å². The minimum Gasteiger partial charge on any atom is -0.396 e. The third-order valence-electron chi connectivity index (χ3n) is 2.13. The van der Waals surface area contributed by atoms with E-state index < -0.39 is 32.2 Å². The van der Waals surface area contributed by atoms with Gasteiger partial charge < -0.3 is 29.5 Å². The van der Waals surface area contributed by atoms with Gasteiger partial charge in [-0.2, -0.15) is 0 Å². The summed E-state index contributed by atoms with van der Waals surface area (Å²) < 4.78 is 47.6. The SMILES string of the molecule is C.C.C.COC(CO)CF.COCC(CO)CF.COCC(O)CF. The standard InChI is InChI=1S/C5H11FO2.2C4H9FO2.3CH4/c1-8-4-5(2-6)3-7;1-7-3-4(6)2-5;1-7-4(2-5)3-6;;;/h5,7H,2-4H2,1H3;2*4,6H,2-3H2,1H3;3*1H4. The quantitative estimate of drug-likeness (QED) is 0.533. The summed E-state index contributed by atoms with van der Waals surface area (Å²) in [4.78, 5) is 0. The van der Waals surface area contributed by atoms with E-state index in [9.17, 15) is 13.2 Å². The number of methoxy groups -OCH3 is 3. The summed E-state index contributed by atoms with van der Waals surface area (Å²) in [6, 6.07) is 0. The molecule has 0 aromatic heterocycles. The molecule has 3 N–H and O–H groups in total. The fourth-order valence-electron chi connectivity index (χ4n) is 0.805. The molecule has 0 aliphatic rings. The fourth-order valence-corrected chi connectivity index (χ4v) is 0.805. The summed E-state index contributed by atoms with van der Waals surface area (Å²) in [5.41, 5.74) is 0. The molecule has 0 bridgehead atoms. The second-order valence-electron chi connectivity index (χ2n) is 4.12. The molecule has 0 fully saturated rings. The van der Waals surface area contributed by atoms with Crippen molar-refractivity contribution in [3.63, 3.8) is 0 Å². The Balaban J connectivity index is -0.0000000512. The molecule has 0 aromatic carbocycles. The van der Waals surface area contributed by atoms with Gasteiger partial charge in [0.1, 0.15) is 25.6 Å². The van der Waals surface area contributed by atoms with Crippen LogP contribution in [0.3, 0.4) is 0 Å². The first-order valence-corrected chi connectivity index (χ1v) is 6.59. The van der Waals surface area contributed by atoms with E-state index in [2.05, 4.69) is 14.2 Å². The van der Waals surface area contributed by atoms with E-state index in [1.54, 1.807) is 0 Å². The van der Waals surface area contributed by atoms with Crippen molar-refractivity contribution < 1.29 is 42.7 Å². The van der Waals surface area contributed by atoms with Gasteiger partial charge in [-0.1, -0.05) is 22.3 Å². The number of ether oxygens (including phenoxy) is 3. The van der Waals surface area contributed by atoms with E-state index in [-0.39, 0.29) is 48.0 Å². The summed E-state index contributed by atoms with van der Waals surface area (Å²) in [7, 11) is 4.26. The predicted molar refractivity (Wildman–Crippen MR) is 96.3 cm³/mol. The first-order chi connectivity index (χ1) is 10.5. The minimum absolute atomic E-state index is 0. The molecule has 162 valence electrons. The molecule has 0 aromatic rings. The Kier molecular flexibility index (Phi) is 55.1. The third kappa shape index (κ3) is 35.5. The zero-order valence-corrected chi connectivity index (χ0v) is 13.4. The molecule has 0 amide bonds. The van der Waals surface area contributed by atoms with E-state index >= 15 is 0 Å². The van der Waals surface area contributed by atoms with Crippen LogP contribution < -0.4 is 0 Å². The second kappa shape index (κ2) is 34.8. The highest BCUT2D eigenvalue weighted by atomic mass is 19.1. The van der Waals surface area contributed by atoms with Gasteiger partial charge in [0.15, 0.2) is 0 Å². The predicted octanol–water partition coefficient (Wildman–Crippen LogP) is 2.05. The molecule has 0 heterocycles. The molecule has 9 heteroatoms. The summed E-state index contributed by atoms with van der Waals surface area (Å²) in [5.74, 6) is -0.333. The van der Waals surface area contributed by atoms with Crippen molar-refractivity contribution in [1.82, 2.24) is 0 Å². The fraction of sp³-hybridized carbons (Fsp3) is 1.00. The highest BCUT2D eigenvalue weighted by molar-refractivity contribution is 4.51. The average Bonchev–Trinajstić information content (AvgIpc) is 2.55. The minimum atomic E-state index is -0.940. The van der Waals surface area contributed by atoms with Crippen LogP contribution in [-0.2, 0) is 14.2 Å². The van der Waals surface area contributed by atoms with Gasteiger partial charge in [-0.05, 0) is 0 Å². The lowest BCUT2D eigenvalue weighted by atomic mass is 10.2. The van der Waals surface area contributed by atoms with E-state index in [4.69, 9.17) is 15.3 Å². The maximum absolute atomic E-state index is 11.6. The van der Waals surface area contributed by atoms with Gasteiger partial charge in [-0.25, -0.2) is 8.78 Å². The van der Waals surface area contributed by atoms with Crippen molar-refractivity contribution in [2.75, 3.05) is 67.8 Å². The van der Waals surface area contributed by atoms with Crippen molar-refractivity contribution in [2.24, 2.45) is 5.92 Å². The van der Waals surface area contributed by atoms with Gasteiger partial charge in [0.05, 0.1) is 33.1 Å². The zero-order valence-electron chi connectivity index (χ0n) is 13.4. The number of aliphatic hydroxyl groups excluding tert-OH is 3. The van der Waals surface area contributed by atoms with E-state index in [0.717, 1.165) is 0 Å². The van der Waals surface area contributed by atoms with E-state index in [0.29, 0.717) is 6.61 Å². The van der Waals surface area contributed by atoms with Gasteiger partial charge in [-0.3, -0.25) is 4.39 Å². The van der Waals surface area contributed by atoms with E-state index in [1.807, 2.05) is 0 Å². The lowest BCUT2D eigenvalue weighted by molar-refractivity contribution is 0.0320. The largest absolute Gasteiger partial charge is 0.396 e. The number of halogens is 3. The molecule has 0 saturated heterocycles. The Bertz CT molecular complexity index is 180. The second-order valence-corrected chi connectivity index (χ2v) is 4.12. The Hall–Kier alpha value is -0.450. The lowest BCUT2D eigenvalue weighted by Crippen LogP contribution is -2.17. The highest BCUT2D eigenvalue weighted by Gasteiger charge is 2.03. The van der Waals surface area contributed by atoms with Gasteiger partial charge in [0.2, 0.25) is 0 Å². The summed E-state index contributed by atoms with van der Waals surface area (Å²) in [6.45, 7) is -1.86. The first kappa shape index (κ1) is 39.6. The highest BCUT2D eigenvalue weighted by Crippen LogP contribution is 1.94. The van der Waals surface area contributed by atoms with Crippen molar-refractivity contribution in [1.29, 1.82) is 0 Å².